The molecule has 0 saturated heterocycles. The van der Waals surface area contributed by atoms with Crippen molar-refractivity contribution in [2.75, 3.05) is 6.61 Å². The lowest BCUT2D eigenvalue weighted by Crippen LogP contribution is -2.20. The molecule has 1 atom stereocenters. The number of hydrogen-bond donors (Lipinski definition) is 1. The summed E-state index contributed by atoms with van der Waals surface area (Å²) in [7, 11) is 0. The summed E-state index contributed by atoms with van der Waals surface area (Å²) in [6.45, 7) is -0.486. The van der Waals surface area contributed by atoms with Gasteiger partial charge in [-0.05, 0) is 17.7 Å². The van der Waals surface area contributed by atoms with Crippen LogP contribution in [0.25, 0.3) is 0 Å². The fraction of sp³-hybridized carbons (Fsp3) is 0.143. The fourth-order valence-electron chi connectivity index (χ4n) is 1.68. The Labute approximate surface area is 116 Å². The van der Waals surface area contributed by atoms with E-state index < -0.39 is 47.5 Å². The summed E-state index contributed by atoms with van der Waals surface area (Å²) >= 11 is 0. The molecular weight excluding hydrogens is 293 g/mol. The van der Waals surface area contributed by atoms with Crippen molar-refractivity contribution in [2.24, 2.45) is 5.73 Å². The molecule has 2 N–H and O–H groups in total. The zero-order chi connectivity index (χ0) is 15.6. The Bertz CT molecular complexity index is 636. The van der Waals surface area contributed by atoms with E-state index in [9.17, 15) is 22.0 Å². The Kier molecular flexibility index (Phi) is 4.42. The molecule has 0 aliphatic carbocycles. The number of benzene rings is 2. The lowest BCUT2D eigenvalue weighted by Gasteiger charge is -2.15. The van der Waals surface area contributed by atoms with Crippen LogP contribution in [0.5, 0.6) is 5.75 Å². The van der Waals surface area contributed by atoms with Crippen LogP contribution in [0, 0.1) is 29.1 Å². The summed E-state index contributed by atoms with van der Waals surface area (Å²) in [6, 6.07) is 4.34. The van der Waals surface area contributed by atoms with Crippen molar-refractivity contribution >= 4 is 0 Å². The molecule has 0 amide bonds. The first-order valence-electron chi connectivity index (χ1n) is 5.87. The van der Waals surface area contributed by atoms with E-state index in [2.05, 4.69) is 0 Å². The van der Waals surface area contributed by atoms with Crippen molar-refractivity contribution in [3.05, 3.63) is 65.0 Å². The van der Waals surface area contributed by atoms with Crippen LogP contribution in [-0.4, -0.2) is 6.61 Å². The van der Waals surface area contributed by atoms with Crippen molar-refractivity contribution in [3.8, 4) is 5.75 Å². The van der Waals surface area contributed by atoms with Crippen LogP contribution in [0.4, 0.5) is 22.0 Å². The van der Waals surface area contributed by atoms with E-state index in [0.717, 1.165) is 6.07 Å². The first-order chi connectivity index (χ1) is 9.90. The van der Waals surface area contributed by atoms with Gasteiger partial charge in [0.15, 0.2) is 17.4 Å². The van der Waals surface area contributed by atoms with Crippen LogP contribution in [0.1, 0.15) is 11.6 Å². The standard InChI is InChI=1S/C14H10F5NO/c15-8-3-1-2-7(4-8)11(20)6-21-14-12(18)9(16)5-10(17)13(14)19/h1-5,11H,6,20H2. The number of ether oxygens (including phenoxy) is 1. The van der Waals surface area contributed by atoms with Crippen LogP contribution in [0.3, 0.4) is 0 Å². The smallest absolute Gasteiger partial charge is 0.203 e. The van der Waals surface area contributed by atoms with Crippen LogP contribution >= 0.6 is 0 Å². The summed E-state index contributed by atoms with van der Waals surface area (Å²) in [5.74, 6) is -8.20. The summed E-state index contributed by atoms with van der Waals surface area (Å²) in [5.41, 5.74) is 5.98. The van der Waals surface area contributed by atoms with Crippen LogP contribution < -0.4 is 10.5 Å². The Hall–Kier alpha value is -2.15. The average Bonchev–Trinajstić information content (AvgIpc) is 2.45. The Morgan fingerprint density at radius 3 is 2.14 bits per heavy atom. The fourth-order valence-corrected chi connectivity index (χ4v) is 1.68. The van der Waals surface area contributed by atoms with Gasteiger partial charge in [0.2, 0.25) is 11.6 Å². The first kappa shape index (κ1) is 15.2. The number of nitrogens with two attached hydrogens (primary N) is 1. The van der Waals surface area contributed by atoms with E-state index in [-0.39, 0.29) is 6.07 Å². The third kappa shape index (κ3) is 3.30. The molecule has 0 saturated carbocycles. The monoisotopic (exact) mass is 303 g/mol. The second-order valence-corrected chi connectivity index (χ2v) is 4.27. The molecule has 112 valence electrons. The summed E-state index contributed by atoms with van der Waals surface area (Å²) in [4.78, 5) is 0. The van der Waals surface area contributed by atoms with E-state index in [4.69, 9.17) is 10.5 Å². The van der Waals surface area contributed by atoms with Gasteiger partial charge in [-0.25, -0.2) is 13.2 Å². The van der Waals surface area contributed by atoms with Crippen molar-refractivity contribution in [1.29, 1.82) is 0 Å². The molecule has 7 heteroatoms. The molecule has 2 aromatic carbocycles. The molecule has 1 unspecified atom stereocenters. The Morgan fingerprint density at radius 2 is 1.57 bits per heavy atom. The molecule has 0 radical (unpaired) electrons. The molecule has 0 aromatic heterocycles. The first-order valence-corrected chi connectivity index (χ1v) is 5.87. The largest absolute Gasteiger partial charge is 0.485 e. The summed E-state index contributed by atoms with van der Waals surface area (Å²) < 4.78 is 70.4. The average molecular weight is 303 g/mol. The predicted molar refractivity (Wildman–Crippen MR) is 65.1 cm³/mol. The quantitative estimate of drug-likeness (QED) is 0.693. The highest BCUT2D eigenvalue weighted by Gasteiger charge is 2.21. The van der Waals surface area contributed by atoms with E-state index in [1.54, 1.807) is 0 Å². The van der Waals surface area contributed by atoms with Gasteiger partial charge in [0, 0.05) is 6.07 Å². The van der Waals surface area contributed by atoms with Gasteiger partial charge in [-0.1, -0.05) is 12.1 Å². The molecule has 0 aliphatic heterocycles. The van der Waals surface area contributed by atoms with Crippen LogP contribution in [0.2, 0.25) is 0 Å². The topological polar surface area (TPSA) is 35.2 Å². The molecule has 0 bridgehead atoms. The highest BCUT2D eigenvalue weighted by molar-refractivity contribution is 5.29. The van der Waals surface area contributed by atoms with Gasteiger partial charge in [-0.3, -0.25) is 0 Å². The maximum absolute atomic E-state index is 13.4. The highest BCUT2D eigenvalue weighted by atomic mass is 19.2. The van der Waals surface area contributed by atoms with Crippen LogP contribution in [-0.2, 0) is 0 Å². The minimum atomic E-state index is -1.65. The van der Waals surface area contributed by atoms with Gasteiger partial charge in [-0.15, -0.1) is 0 Å². The second-order valence-electron chi connectivity index (χ2n) is 4.27. The third-order valence-electron chi connectivity index (χ3n) is 2.76. The minimum Gasteiger partial charge on any atom is -0.485 e. The van der Waals surface area contributed by atoms with E-state index in [1.165, 1.54) is 18.2 Å². The highest BCUT2D eigenvalue weighted by Crippen LogP contribution is 2.27. The molecule has 21 heavy (non-hydrogen) atoms. The third-order valence-corrected chi connectivity index (χ3v) is 2.76. The van der Waals surface area contributed by atoms with Crippen molar-refractivity contribution in [3.63, 3.8) is 0 Å². The number of hydrogen-bond acceptors (Lipinski definition) is 2. The lowest BCUT2D eigenvalue weighted by molar-refractivity contribution is 0.253. The summed E-state index contributed by atoms with van der Waals surface area (Å²) in [6.07, 6.45) is 0. The second kappa shape index (κ2) is 6.09. The zero-order valence-electron chi connectivity index (χ0n) is 10.5. The van der Waals surface area contributed by atoms with E-state index >= 15 is 0 Å². The molecule has 0 fully saturated rings. The number of rotatable bonds is 4. The van der Waals surface area contributed by atoms with Gasteiger partial charge in [-0.2, -0.15) is 8.78 Å². The van der Waals surface area contributed by atoms with E-state index in [0.29, 0.717) is 5.56 Å². The maximum atomic E-state index is 13.4. The normalized spacial score (nSPS) is 12.3. The maximum Gasteiger partial charge on any atom is 0.203 e. The van der Waals surface area contributed by atoms with Gasteiger partial charge >= 0.3 is 0 Å². The molecule has 0 aliphatic rings. The van der Waals surface area contributed by atoms with E-state index in [1.807, 2.05) is 0 Å². The predicted octanol–water partition coefficient (Wildman–Crippen LogP) is 3.46. The molecule has 2 rings (SSSR count). The Balaban J connectivity index is 2.17. The van der Waals surface area contributed by atoms with Gasteiger partial charge in [0.05, 0.1) is 6.04 Å². The molecule has 2 nitrogen and oxygen atoms in total. The zero-order valence-corrected chi connectivity index (χ0v) is 10.5. The lowest BCUT2D eigenvalue weighted by atomic mass is 10.1. The molecular formula is C14H10F5NO. The van der Waals surface area contributed by atoms with Gasteiger partial charge in [0.1, 0.15) is 12.4 Å². The van der Waals surface area contributed by atoms with Crippen LogP contribution in [0.15, 0.2) is 30.3 Å². The number of halogens is 5. The summed E-state index contributed by atoms with van der Waals surface area (Å²) in [5, 5.41) is 0. The molecule has 0 heterocycles. The Morgan fingerprint density at radius 1 is 0.952 bits per heavy atom. The van der Waals surface area contributed by atoms with Crippen molar-refractivity contribution in [1.82, 2.24) is 0 Å². The van der Waals surface area contributed by atoms with Gasteiger partial charge < -0.3 is 10.5 Å². The van der Waals surface area contributed by atoms with Crippen molar-refractivity contribution < 1.29 is 26.7 Å². The SMILES string of the molecule is NC(COc1c(F)c(F)cc(F)c1F)c1cccc(F)c1. The minimum absolute atomic E-state index is 0.0734. The molecule has 0 spiro atoms. The van der Waals surface area contributed by atoms with Crippen molar-refractivity contribution in [2.45, 2.75) is 6.04 Å². The van der Waals surface area contributed by atoms with Gasteiger partial charge in [0.25, 0.3) is 0 Å². The molecule has 2 aromatic rings.